The largest absolute Gasteiger partial charge is 0.502 e. The summed E-state index contributed by atoms with van der Waals surface area (Å²) >= 11 is 0. The molecule has 0 saturated heterocycles. The van der Waals surface area contributed by atoms with E-state index in [1.807, 2.05) is 6.92 Å². The van der Waals surface area contributed by atoms with Crippen molar-refractivity contribution in [2.24, 2.45) is 0 Å². The van der Waals surface area contributed by atoms with Crippen LogP contribution in [0.5, 0.6) is 11.5 Å². The van der Waals surface area contributed by atoms with Crippen LogP contribution in [0.4, 0.5) is 5.69 Å². The van der Waals surface area contributed by atoms with E-state index in [-0.39, 0.29) is 17.2 Å². The number of phenolic OH excluding ortho intramolecular Hbond substituents is 1. The number of nitro benzene ring substituents is 1. The van der Waals surface area contributed by atoms with Gasteiger partial charge in [0, 0.05) is 0 Å². The Hall–Kier alpha value is -1.78. The van der Waals surface area contributed by atoms with Crippen molar-refractivity contribution in [2.45, 2.75) is 13.3 Å². The van der Waals surface area contributed by atoms with E-state index >= 15 is 0 Å². The lowest BCUT2D eigenvalue weighted by atomic mass is 10.3. The minimum atomic E-state index is -0.652. The predicted octanol–water partition coefficient (Wildman–Crippen LogP) is 2.09. The van der Waals surface area contributed by atoms with Crippen LogP contribution in [0.2, 0.25) is 0 Å². The van der Waals surface area contributed by atoms with Crippen LogP contribution in [0.25, 0.3) is 0 Å². The zero-order valence-electron chi connectivity index (χ0n) is 7.77. The Morgan fingerprint density at radius 3 is 2.86 bits per heavy atom. The number of phenols is 1. The van der Waals surface area contributed by atoms with Crippen molar-refractivity contribution in [3.8, 4) is 11.5 Å². The fraction of sp³-hybridized carbons (Fsp3) is 0.333. The quantitative estimate of drug-likeness (QED) is 0.592. The zero-order chi connectivity index (χ0) is 10.6. The minimum Gasteiger partial charge on any atom is -0.502 e. The molecule has 0 aliphatic rings. The first-order valence-electron chi connectivity index (χ1n) is 4.26. The van der Waals surface area contributed by atoms with Gasteiger partial charge in [-0.2, -0.15) is 0 Å². The maximum atomic E-state index is 10.6. The van der Waals surface area contributed by atoms with E-state index in [0.717, 1.165) is 6.42 Å². The second-order valence-corrected chi connectivity index (χ2v) is 2.73. The molecule has 0 aromatic heterocycles. The minimum absolute atomic E-state index is 0.108. The molecule has 0 spiro atoms. The van der Waals surface area contributed by atoms with Crippen LogP contribution in [-0.4, -0.2) is 16.6 Å². The Balaban J connectivity index is 3.02. The molecule has 0 heterocycles. The molecule has 76 valence electrons. The molecule has 0 bridgehead atoms. The van der Waals surface area contributed by atoms with Gasteiger partial charge in [0.2, 0.25) is 5.75 Å². The fourth-order valence-corrected chi connectivity index (χ4v) is 1.02. The summed E-state index contributed by atoms with van der Waals surface area (Å²) < 4.78 is 5.13. The Labute approximate surface area is 81.1 Å². The summed E-state index contributed by atoms with van der Waals surface area (Å²) in [7, 11) is 0. The Bertz CT molecular complexity index is 338. The third kappa shape index (κ3) is 2.12. The molecular weight excluding hydrogens is 186 g/mol. The number of rotatable bonds is 4. The molecule has 5 heteroatoms. The molecular formula is C9H11NO4. The van der Waals surface area contributed by atoms with Crippen molar-refractivity contribution in [1.82, 2.24) is 0 Å². The summed E-state index contributed by atoms with van der Waals surface area (Å²) in [6.07, 6.45) is 0.757. The zero-order valence-corrected chi connectivity index (χ0v) is 7.77. The van der Waals surface area contributed by atoms with Crippen molar-refractivity contribution in [3.63, 3.8) is 0 Å². The van der Waals surface area contributed by atoms with E-state index in [1.165, 1.54) is 18.2 Å². The van der Waals surface area contributed by atoms with Gasteiger partial charge in [0.05, 0.1) is 11.5 Å². The van der Waals surface area contributed by atoms with E-state index in [0.29, 0.717) is 6.61 Å². The van der Waals surface area contributed by atoms with E-state index in [2.05, 4.69) is 0 Å². The highest BCUT2D eigenvalue weighted by Gasteiger charge is 2.19. The number of benzene rings is 1. The summed E-state index contributed by atoms with van der Waals surface area (Å²) in [5.74, 6) is -0.263. The molecule has 0 aliphatic heterocycles. The van der Waals surface area contributed by atoms with Gasteiger partial charge in [-0.15, -0.1) is 0 Å². The third-order valence-electron chi connectivity index (χ3n) is 1.62. The highest BCUT2D eigenvalue weighted by atomic mass is 16.6. The summed E-state index contributed by atoms with van der Waals surface area (Å²) in [5, 5.41) is 19.8. The maximum Gasteiger partial charge on any atom is 0.352 e. The van der Waals surface area contributed by atoms with Crippen LogP contribution < -0.4 is 4.74 Å². The summed E-state index contributed by atoms with van der Waals surface area (Å²) in [5.41, 5.74) is -0.374. The SMILES string of the molecule is CCCOc1cccc(O)c1[N+](=O)[O-]. The lowest BCUT2D eigenvalue weighted by Crippen LogP contribution is -1.99. The van der Waals surface area contributed by atoms with E-state index in [1.54, 1.807) is 0 Å². The number of nitro groups is 1. The topological polar surface area (TPSA) is 72.6 Å². The number of aromatic hydroxyl groups is 1. The smallest absolute Gasteiger partial charge is 0.352 e. The van der Waals surface area contributed by atoms with Crippen LogP contribution in [0, 0.1) is 10.1 Å². The molecule has 0 aliphatic carbocycles. The molecule has 14 heavy (non-hydrogen) atoms. The van der Waals surface area contributed by atoms with E-state index in [4.69, 9.17) is 4.74 Å². The molecule has 0 saturated carbocycles. The van der Waals surface area contributed by atoms with E-state index < -0.39 is 4.92 Å². The second-order valence-electron chi connectivity index (χ2n) is 2.73. The highest BCUT2D eigenvalue weighted by molar-refractivity contribution is 5.56. The van der Waals surface area contributed by atoms with Crippen molar-refractivity contribution >= 4 is 5.69 Å². The van der Waals surface area contributed by atoms with Crippen LogP contribution in [0.1, 0.15) is 13.3 Å². The van der Waals surface area contributed by atoms with Gasteiger partial charge in [0.25, 0.3) is 0 Å². The fourth-order valence-electron chi connectivity index (χ4n) is 1.02. The van der Waals surface area contributed by atoms with Crippen molar-refractivity contribution in [3.05, 3.63) is 28.3 Å². The van der Waals surface area contributed by atoms with Gasteiger partial charge in [-0.3, -0.25) is 10.1 Å². The second kappa shape index (κ2) is 4.45. The van der Waals surface area contributed by atoms with Gasteiger partial charge in [0.1, 0.15) is 0 Å². The van der Waals surface area contributed by atoms with Gasteiger partial charge in [-0.1, -0.05) is 13.0 Å². The van der Waals surface area contributed by atoms with Gasteiger partial charge >= 0.3 is 5.69 Å². The third-order valence-corrected chi connectivity index (χ3v) is 1.62. The number of ether oxygens (including phenoxy) is 1. The normalized spacial score (nSPS) is 9.79. The Morgan fingerprint density at radius 2 is 2.29 bits per heavy atom. The molecule has 1 aromatic carbocycles. The number of hydrogen-bond acceptors (Lipinski definition) is 4. The average Bonchev–Trinajstić information content (AvgIpc) is 2.14. The van der Waals surface area contributed by atoms with Crippen LogP contribution in [0.3, 0.4) is 0 Å². The lowest BCUT2D eigenvalue weighted by molar-refractivity contribution is -0.386. The first-order chi connectivity index (χ1) is 6.66. The van der Waals surface area contributed by atoms with Crippen LogP contribution in [-0.2, 0) is 0 Å². The first kappa shape index (κ1) is 10.3. The Kier molecular flexibility index (Phi) is 3.28. The summed E-state index contributed by atoms with van der Waals surface area (Å²) in [6.45, 7) is 2.29. The molecule has 0 atom stereocenters. The Morgan fingerprint density at radius 1 is 1.57 bits per heavy atom. The predicted molar refractivity (Wildman–Crippen MR) is 50.5 cm³/mol. The molecule has 0 unspecified atom stereocenters. The van der Waals surface area contributed by atoms with Crippen molar-refractivity contribution in [2.75, 3.05) is 6.61 Å². The number of nitrogens with zero attached hydrogens (tertiary/aromatic N) is 1. The molecule has 5 nitrogen and oxygen atoms in total. The van der Waals surface area contributed by atoms with Crippen molar-refractivity contribution < 1.29 is 14.8 Å². The standard InChI is InChI=1S/C9H11NO4/c1-2-6-14-8-5-3-4-7(11)9(8)10(12)13/h3-5,11H,2,6H2,1H3. The number of para-hydroxylation sites is 1. The summed E-state index contributed by atoms with van der Waals surface area (Å²) in [6, 6.07) is 4.23. The molecule has 0 fully saturated rings. The highest BCUT2D eigenvalue weighted by Crippen LogP contribution is 2.35. The first-order valence-corrected chi connectivity index (χ1v) is 4.26. The molecule has 1 rings (SSSR count). The monoisotopic (exact) mass is 197 g/mol. The van der Waals surface area contributed by atoms with Gasteiger partial charge in [0.15, 0.2) is 5.75 Å². The molecule has 0 radical (unpaired) electrons. The molecule has 1 aromatic rings. The van der Waals surface area contributed by atoms with E-state index in [9.17, 15) is 15.2 Å². The van der Waals surface area contributed by atoms with Gasteiger partial charge < -0.3 is 9.84 Å². The van der Waals surface area contributed by atoms with Crippen LogP contribution in [0.15, 0.2) is 18.2 Å². The van der Waals surface area contributed by atoms with Gasteiger partial charge in [-0.05, 0) is 18.6 Å². The number of hydrogen-bond donors (Lipinski definition) is 1. The molecule has 0 amide bonds. The molecule has 1 N–H and O–H groups in total. The summed E-state index contributed by atoms with van der Waals surface area (Å²) in [4.78, 5) is 9.92. The van der Waals surface area contributed by atoms with Gasteiger partial charge in [-0.25, -0.2) is 0 Å². The van der Waals surface area contributed by atoms with Crippen molar-refractivity contribution in [1.29, 1.82) is 0 Å². The lowest BCUT2D eigenvalue weighted by Gasteiger charge is -2.05. The maximum absolute atomic E-state index is 10.6. The average molecular weight is 197 g/mol. The van der Waals surface area contributed by atoms with Crippen LogP contribution >= 0.6 is 0 Å².